The Morgan fingerprint density at radius 2 is 2.12 bits per heavy atom. The molecule has 26 heavy (non-hydrogen) atoms. The number of nitrogens with one attached hydrogen (secondary N) is 2. The van der Waals surface area contributed by atoms with Crippen molar-refractivity contribution in [2.75, 3.05) is 13.2 Å². The maximum Gasteiger partial charge on any atom is 0.270 e. The molecule has 0 aliphatic heterocycles. The molecule has 0 aliphatic carbocycles. The molecule has 0 aliphatic rings. The number of nitrogens with zero attached hydrogens (tertiary/aromatic N) is 1. The molecular formula is C19H21N3O4. The topological polar surface area (TPSA) is 108 Å². The molecular weight excluding hydrogens is 334 g/mol. The molecule has 7 heteroatoms. The van der Waals surface area contributed by atoms with Crippen molar-refractivity contribution < 1.29 is 14.3 Å². The number of aromatic amines is 1. The van der Waals surface area contributed by atoms with Gasteiger partial charge in [-0.3, -0.25) is 9.59 Å². The average molecular weight is 355 g/mol. The van der Waals surface area contributed by atoms with Gasteiger partial charge in [0.1, 0.15) is 11.5 Å². The molecule has 2 aromatic heterocycles. The minimum atomic E-state index is -0.275. The van der Waals surface area contributed by atoms with Crippen LogP contribution in [0.3, 0.4) is 0 Å². The van der Waals surface area contributed by atoms with Gasteiger partial charge in [-0.2, -0.15) is 0 Å². The zero-order chi connectivity index (χ0) is 18.4. The van der Waals surface area contributed by atoms with Crippen LogP contribution in [0.4, 0.5) is 0 Å². The standard InChI is InChI=1S/C19H21N3O4/c23-12-13(10-14-4-3-9-26-14)11-20-18(24)8-7-17-19(25)22-16-6-2-1-5-15(16)21-17/h1-6,9,13,23H,7-8,10-12H2,(H,20,24)(H,22,25)/t13-/m1/s1. The molecule has 3 N–H and O–H groups in total. The molecule has 0 unspecified atom stereocenters. The van der Waals surface area contributed by atoms with Crippen molar-refractivity contribution >= 4 is 16.9 Å². The lowest BCUT2D eigenvalue weighted by atomic mass is 10.0. The molecule has 1 amide bonds. The lowest BCUT2D eigenvalue weighted by molar-refractivity contribution is -0.121. The van der Waals surface area contributed by atoms with Crippen molar-refractivity contribution in [1.82, 2.24) is 15.3 Å². The smallest absolute Gasteiger partial charge is 0.270 e. The Morgan fingerprint density at radius 1 is 1.27 bits per heavy atom. The van der Waals surface area contributed by atoms with Crippen LogP contribution in [0.25, 0.3) is 11.0 Å². The Balaban J connectivity index is 1.52. The zero-order valence-corrected chi connectivity index (χ0v) is 14.3. The number of furan rings is 1. The summed E-state index contributed by atoms with van der Waals surface area (Å²) in [5.74, 6) is 0.467. The van der Waals surface area contributed by atoms with Gasteiger partial charge in [0.25, 0.3) is 5.56 Å². The van der Waals surface area contributed by atoms with E-state index < -0.39 is 0 Å². The highest BCUT2D eigenvalue weighted by atomic mass is 16.3. The third-order valence-corrected chi connectivity index (χ3v) is 4.17. The number of fused-ring (bicyclic) bond motifs is 1. The van der Waals surface area contributed by atoms with Crippen molar-refractivity contribution in [3.05, 3.63) is 64.5 Å². The quantitative estimate of drug-likeness (QED) is 0.566. The van der Waals surface area contributed by atoms with Gasteiger partial charge in [-0.25, -0.2) is 4.98 Å². The maximum absolute atomic E-state index is 12.1. The first-order chi connectivity index (χ1) is 12.7. The number of hydrogen-bond acceptors (Lipinski definition) is 5. The van der Waals surface area contributed by atoms with E-state index in [1.807, 2.05) is 24.3 Å². The van der Waals surface area contributed by atoms with Gasteiger partial charge in [-0.15, -0.1) is 0 Å². The molecule has 1 atom stereocenters. The summed E-state index contributed by atoms with van der Waals surface area (Å²) in [4.78, 5) is 31.2. The number of aryl methyl sites for hydroxylation is 1. The van der Waals surface area contributed by atoms with Gasteiger partial charge in [0.2, 0.25) is 5.91 Å². The summed E-state index contributed by atoms with van der Waals surface area (Å²) in [6.45, 7) is 0.296. The van der Waals surface area contributed by atoms with E-state index in [0.29, 0.717) is 29.7 Å². The van der Waals surface area contributed by atoms with Crippen LogP contribution in [0.15, 0.2) is 51.9 Å². The molecule has 0 fully saturated rings. The van der Waals surface area contributed by atoms with E-state index in [1.54, 1.807) is 18.4 Å². The summed E-state index contributed by atoms with van der Waals surface area (Å²) in [6, 6.07) is 10.9. The van der Waals surface area contributed by atoms with Crippen LogP contribution >= 0.6 is 0 Å². The number of aliphatic hydroxyl groups excluding tert-OH is 1. The Hall–Kier alpha value is -2.93. The third-order valence-electron chi connectivity index (χ3n) is 4.17. The number of carbonyl (C=O) groups excluding carboxylic acids is 1. The van der Waals surface area contributed by atoms with Crippen LogP contribution < -0.4 is 10.9 Å². The number of aromatic nitrogens is 2. The fraction of sp³-hybridized carbons (Fsp3) is 0.316. The Kier molecular flexibility index (Phi) is 5.80. The highest BCUT2D eigenvalue weighted by Crippen LogP contribution is 2.09. The molecule has 136 valence electrons. The van der Waals surface area contributed by atoms with Crippen LogP contribution in [0.1, 0.15) is 17.9 Å². The second kappa shape index (κ2) is 8.44. The van der Waals surface area contributed by atoms with Crippen LogP contribution in [0.2, 0.25) is 0 Å². The Bertz CT molecular complexity index is 918. The summed E-state index contributed by atoms with van der Waals surface area (Å²) in [7, 11) is 0. The lowest BCUT2D eigenvalue weighted by Crippen LogP contribution is -2.32. The molecule has 3 rings (SSSR count). The Labute approximate surface area is 150 Å². The third kappa shape index (κ3) is 4.58. The van der Waals surface area contributed by atoms with E-state index in [2.05, 4.69) is 15.3 Å². The van der Waals surface area contributed by atoms with E-state index in [4.69, 9.17) is 4.42 Å². The fourth-order valence-electron chi connectivity index (χ4n) is 2.73. The maximum atomic E-state index is 12.1. The zero-order valence-electron chi connectivity index (χ0n) is 14.3. The van der Waals surface area contributed by atoms with Crippen molar-refractivity contribution in [2.45, 2.75) is 19.3 Å². The highest BCUT2D eigenvalue weighted by molar-refractivity contribution is 5.76. The Morgan fingerprint density at radius 3 is 2.88 bits per heavy atom. The average Bonchev–Trinajstić information content (AvgIpc) is 3.16. The SMILES string of the molecule is O=C(CCc1nc2ccccc2[nH]c1=O)NC[C@H](CO)Cc1ccco1. The minimum absolute atomic E-state index is 0.0487. The van der Waals surface area contributed by atoms with Gasteiger partial charge in [0, 0.05) is 38.3 Å². The number of carbonyl (C=O) groups is 1. The molecule has 0 saturated carbocycles. The number of H-pyrrole nitrogens is 1. The van der Waals surface area contributed by atoms with Crippen LogP contribution in [0.5, 0.6) is 0 Å². The number of aliphatic hydroxyl groups is 1. The normalized spacial score (nSPS) is 12.2. The van der Waals surface area contributed by atoms with Crippen molar-refractivity contribution in [3.8, 4) is 0 Å². The predicted molar refractivity (Wildman–Crippen MR) is 96.7 cm³/mol. The van der Waals surface area contributed by atoms with E-state index >= 15 is 0 Å². The second-order valence-corrected chi connectivity index (χ2v) is 6.17. The van der Waals surface area contributed by atoms with Gasteiger partial charge in [0.05, 0.1) is 17.3 Å². The summed E-state index contributed by atoms with van der Waals surface area (Å²) in [5.41, 5.74) is 1.44. The van der Waals surface area contributed by atoms with Crippen LogP contribution in [-0.4, -0.2) is 34.1 Å². The number of para-hydroxylation sites is 2. The van der Waals surface area contributed by atoms with Crippen LogP contribution in [0, 0.1) is 5.92 Å². The molecule has 7 nitrogen and oxygen atoms in total. The second-order valence-electron chi connectivity index (χ2n) is 6.17. The molecule has 0 bridgehead atoms. The van der Waals surface area contributed by atoms with E-state index in [-0.39, 0.29) is 36.8 Å². The molecule has 3 aromatic rings. The first kappa shape index (κ1) is 17.9. The molecule has 0 saturated heterocycles. The van der Waals surface area contributed by atoms with Crippen molar-refractivity contribution in [1.29, 1.82) is 0 Å². The fourth-order valence-corrected chi connectivity index (χ4v) is 2.73. The van der Waals surface area contributed by atoms with Gasteiger partial charge >= 0.3 is 0 Å². The van der Waals surface area contributed by atoms with Crippen molar-refractivity contribution in [3.63, 3.8) is 0 Å². The minimum Gasteiger partial charge on any atom is -0.469 e. The first-order valence-electron chi connectivity index (χ1n) is 8.53. The van der Waals surface area contributed by atoms with Gasteiger partial charge in [0.15, 0.2) is 0 Å². The monoisotopic (exact) mass is 355 g/mol. The van der Waals surface area contributed by atoms with Crippen LogP contribution in [-0.2, 0) is 17.6 Å². The molecule has 0 spiro atoms. The van der Waals surface area contributed by atoms with Gasteiger partial charge < -0.3 is 19.8 Å². The molecule has 1 aromatic carbocycles. The van der Waals surface area contributed by atoms with E-state index in [9.17, 15) is 14.7 Å². The number of hydrogen-bond donors (Lipinski definition) is 3. The summed E-state index contributed by atoms with van der Waals surface area (Å²) in [6.07, 6.45) is 2.55. The lowest BCUT2D eigenvalue weighted by Gasteiger charge is -2.13. The summed E-state index contributed by atoms with van der Waals surface area (Å²) >= 11 is 0. The highest BCUT2D eigenvalue weighted by Gasteiger charge is 2.13. The number of benzene rings is 1. The molecule has 0 radical (unpaired) electrons. The first-order valence-corrected chi connectivity index (χ1v) is 8.53. The van der Waals surface area contributed by atoms with E-state index in [0.717, 1.165) is 5.76 Å². The van der Waals surface area contributed by atoms with E-state index in [1.165, 1.54) is 0 Å². The predicted octanol–water partition coefficient (Wildman–Crippen LogP) is 1.42. The van der Waals surface area contributed by atoms with Gasteiger partial charge in [-0.05, 0) is 24.3 Å². The molecule has 2 heterocycles. The summed E-state index contributed by atoms with van der Waals surface area (Å²) < 4.78 is 5.26. The largest absolute Gasteiger partial charge is 0.469 e. The number of rotatable bonds is 8. The van der Waals surface area contributed by atoms with Crippen molar-refractivity contribution in [2.24, 2.45) is 5.92 Å². The number of amides is 1. The van der Waals surface area contributed by atoms with Gasteiger partial charge in [-0.1, -0.05) is 12.1 Å². The summed E-state index contributed by atoms with van der Waals surface area (Å²) in [5, 5.41) is 12.2.